The number of alkyl carbamates (subject to hydrolysis) is 1. The predicted molar refractivity (Wildman–Crippen MR) is 110 cm³/mol. The lowest BCUT2D eigenvalue weighted by Gasteiger charge is -2.42. The fraction of sp³-hybridized carbons (Fsp3) is 0.500. The Hall–Kier alpha value is -2.94. The fourth-order valence-corrected chi connectivity index (χ4v) is 2.57. The molecular formula is C20H30N4O5. The first kappa shape index (κ1) is 24.1. The number of rotatable bonds is 6. The maximum absolute atomic E-state index is 13.2. The Morgan fingerprint density at radius 1 is 1.21 bits per heavy atom. The lowest BCUT2D eigenvalue weighted by Crippen LogP contribution is -2.56. The molecule has 0 unspecified atom stereocenters. The molecule has 160 valence electrons. The molecule has 1 aromatic carbocycles. The van der Waals surface area contributed by atoms with E-state index in [1.165, 1.54) is 30.1 Å². The smallest absolute Gasteiger partial charge is 0.413 e. The highest BCUT2D eigenvalue weighted by atomic mass is 16.6. The molecule has 1 atom stereocenters. The molecule has 0 aliphatic rings. The van der Waals surface area contributed by atoms with Crippen molar-refractivity contribution in [3.05, 3.63) is 52.3 Å². The van der Waals surface area contributed by atoms with Crippen molar-refractivity contribution in [3.8, 4) is 0 Å². The number of amides is 2. The van der Waals surface area contributed by atoms with Crippen LogP contribution in [0.25, 0.3) is 0 Å². The number of nitro benzene ring substituents is 1. The van der Waals surface area contributed by atoms with E-state index in [9.17, 15) is 19.7 Å². The fourth-order valence-electron chi connectivity index (χ4n) is 2.57. The van der Waals surface area contributed by atoms with Crippen molar-refractivity contribution in [2.75, 3.05) is 7.05 Å². The standard InChI is InChI=1S/C20H30N4O5/c1-13(22-17(26)29-18(2,3)4)23(8)16(25)19(5,6)20(7,21)14-10-9-11-15(12-14)24(27)28/h9-12H,1,21H2,2-8H3,(H,22,26)/t20-/m1/s1. The number of carbonyl (C=O) groups excluding carboxylic acids is 2. The van der Waals surface area contributed by atoms with Crippen molar-refractivity contribution in [1.29, 1.82) is 0 Å². The molecule has 29 heavy (non-hydrogen) atoms. The molecule has 1 rings (SSSR count). The van der Waals surface area contributed by atoms with E-state index < -0.39 is 33.5 Å². The van der Waals surface area contributed by atoms with Crippen LogP contribution in [0.5, 0.6) is 0 Å². The zero-order valence-electron chi connectivity index (χ0n) is 18.0. The minimum Gasteiger partial charge on any atom is -0.444 e. The molecule has 9 nitrogen and oxygen atoms in total. The lowest BCUT2D eigenvalue weighted by molar-refractivity contribution is -0.385. The van der Waals surface area contributed by atoms with Crippen LogP contribution in [0.3, 0.4) is 0 Å². The van der Waals surface area contributed by atoms with Gasteiger partial charge < -0.3 is 15.4 Å². The third kappa shape index (κ3) is 5.54. The number of nitrogens with one attached hydrogen (secondary N) is 1. The van der Waals surface area contributed by atoms with E-state index in [1.54, 1.807) is 47.6 Å². The summed E-state index contributed by atoms with van der Waals surface area (Å²) in [7, 11) is 1.45. The zero-order valence-corrected chi connectivity index (χ0v) is 18.0. The van der Waals surface area contributed by atoms with E-state index in [2.05, 4.69) is 11.9 Å². The summed E-state index contributed by atoms with van der Waals surface area (Å²) in [6.07, 6.45) is -0.742. The molecule has 0 radical (unpaired) electrons. The molecule has 0 saturated carbocycles. The van der Waals surface area contributed by atoms with Gasteiger partial charge in [-0.2, -0.15) is 0 Å². The first-order valence-corrected chi connectivity index (χ1v) is 9.01. The predicted octanol–water partition coefficient (Wildman–Crippen LogP) is 3.25. The van der Waals surface area contributed by atoms with Crippen LogP contribution in [-0.4, -0.2) is 34.5 Å². The number of nitro groups is 1. The van der Waals surface area contributed by atoms with Crippen LogP contribution in [-0.2, 0) is 15.1 Å². The van der Waals surface area contributed by atoms with Crippen LogP contribution >= 0.6 is 0 Å². The Morgan fingerprint density at radius 2 is 1.76 bits per heavy atom. The summed E-state index contributed by atoms with van der Waals surface area (Å²) < 4.78 is 5.16. The number of benzene rings is 1. The SMILES string of the molecule is C=C(NC(=O)OC(C)(C)C)N(C)C(=O)C(C)(C)[C@](C)(N)c1cccc([N+](=O)[O-])c1. The number of ether oxygens (including phenoxy) is 1. The third-order valence-electron chi connectivity index (χ3n) is 4.84. The zero-order chi connectivity index (χ0) is 22.8. The second kappa shape index (κ2) is 8.20. The van der Waals surface area contributed by atoms with Crippen molar-refractivity contribution in [2.45, 2.75) is 52.7 Å². The first-order valence-electron chi connectivity index (χ1n) is 9.01. The molecule has 0 aliphatic heterocycles. The molecule has 9 heteroatoms. The maximum atomic E-state index is 13.2. The molecule has 0 spiro atoms. The average molecular weight is 406 g/mol. The second-order valence-corrected chi connectivity index (χ2v) is 8.57. The Kier molecular flexibility index (Phi) is 6.81. The average Bonchev–Trinajstić information content (AvgIpc) is 2.58. The quantitative estimate of drug-likeness (QED) is 0.551. The van der Waals surface area contributed by atoms with Gasteiger partial charge in [0.2, 0.25) is 5.91 Å². The Bertz CT molecular complexity index is 824. The molecule has 0 fully saturated rings. The number of nitrogens with zero attached hydrogens (tertiary/aromatic N) is 2. The minimum absolute atomic E-state index is 0.0205. The van der Waals surface area contributed by atoms with Crippen molar-refractivity contribution in [3.63, 3.8) is 0 Å². The van der Waals surface area contributed by atoms with Crippen LogP contribution in [0.15, 0.2) is 36.7 Å². The van der Waals surface area contributed by atoms with Gasteiger partial charge in [-0.3, -0.25) is 20.2 Å². The Morgan fingerprint density at radius 3 is 2.24 bits per heavy atom. The van der Waals surface area contributed by atoms with Crippen LogP contribution in [0, 0.1) is 15.5 Å². The van der Waals surface area contributed by atoms with Crippen LogP contribution in [0.2, 0.25) is 0 Å². The van der Waals surface area contributed by atoms with Gasteiger partial charge in [-0.25, -0.2) is 4.79 Å². The van der Waals surface area contributed by atoms with Gasteiger partial charge in [0.05, 0.1) is 15.9 Å². The summed E-state index contributed by atoms with van der Waals surface area (Å²) in [5.74, 6) is -0.415. The highest BCUT2D eigenvalue weighted by Crippen LogP contribution is 2.40. The number of hydrogen-bond acceptors (Lipinski definition) is 6. The highest BCUT2D eigenvalue weighted by Gasteiger charge is 2.47. The van der Waals surface area contributed by atoms with E-state index in [0.717, 1.165) is 0 Å². The number of hydrogen-bond donors (Lipinski definition) is 2. The third-order valence-corrected chi connectivity index (χ3v) is 4.84. The second-order valence-electron chi connectivity index (χ2n) is 8.57. The van der Waals surface area contributed by atoms with Crippen molar-refractivity contribution in [2.24, 2.45) is 11.1 Å². The first-order chi connectivity index (χ1) is 13.0. The topological polar surface area (TPSA) is 128 Å². The molecule has 0 heterocycles. The minimum atomic E-state index is -1.25. The van der Waals surface area contributed by atoms with Crippen LogP contribution < -0.4 is 11.1 Å². The molecule has 0 saturated heterocycles. The molecule has 0 bridgehead atoms. The summed E-state index contributed by atoms with van der Waals surface area (Å²) in [4.78, 5) is 36.9. The molecule has 0 aliphatic carbocycles. The molecular weight excluding hydrogens is 376 g/mol. The van der Waals surface area contributed by atoms with Gasteiger partial charge >= 0.3 is 6.09 Å². The van der Waals surface area contributed by atoms with Crippen LogP contribution in [0.4, 0.5) is 10.5 Å². The maximum Gasteiger partial charge on any atom is 0.413 e. The van der Waals surface area contributed by atoms with Crippen molar-refractivity contribution in [1.82, 2.24) is 10.2 Å². The summed E-state index contributed by atoms with van der Waals surface area (Å²) in [5.41, 5.74) is 3.66. The molecule has 1 aromatic rings. The van der Waals surface area contributed by atoms with E-state index in [0.29, 0.717) is 5.56 Å². The lowest BCUT2D eigenvalue weighted by atomic mass is 9.69. The van der Waals surface area contributed by atoms with Crippen LogP contribution in [0.1, 0.15) is 47.1 Å². The van der Waals surface area contributed by atoms with Crippen molar-refractivity contribution >= 4 is 17.7 Å². The highest BCUT2D eigenvalue weighted by molar-refractivity contribution is 5.85. The summed E-state index contributed by atoms with van der Waals surface area (Å²) in [6.45, 7) is 13.7. The van der Waals surface area contributed by atoms with Gasteiger partial charge in [0, 0.05) is 19.2 Å². The van der Waals surface area contributed by atoms with E-state index >= 15 is 0 Å². The van der Waals surface area contributed by atoms with Gasteiger partial charge in [-0.05, 0) is 47.1 Å². The van der Waals surface area contributed by atoms with E-state index in [1.807, 2.05) is 0 Å². The molecule has 0 aromatic heterocycles. The largest absolute Gasteiger partial charge is 0.444 e. The summed E-state index contributed by atoms with van der Waals surface area (Å²) >= 11 is 0. The normalized spacial score (nSPS) is 13.8. The van der Waals surface area contributed by atoms with E-state index in [4.69, 9.17) is 10.5 Å². The van der Waals surface area contributed by atoms with Gasteiger partial charge in [0.25, 0.3) is 5.69 Å². The van der Waals surface area contributed by atoms with Gasteiger partial charge in [-0.15, -0.1) is 0 Å². The van der Waals surface area contributed by atoms with Crippen molar-refractivity contribution < 1.29 is 19.2 Å². The van der Waals surface area contributed by atoms with E-state index in [-0.39, 0.29) is 11.5 Å². The number of carbonyl (C=O) groups is 2. The number of non-ortho nitro benzene ring substituents is 1. The number of nitrogens with two attached hydrogens (primary N) is 1. The van der Waals surface area contributed by atoms with Gasteiger partial charge in [0.1, 0.15) is 11.4 Å². The summed E-state index contributed by atoms with van der Waals surface area (Å²) in [5, 5.41) is 13.5. The Labute approximate surface area is 171 Å². The monoisotopic (exact) mass is 406 g/mol. The molecule has 2 amide bonds. The Balaban J connectivity index is 3.09. The van der Waals surface area contributed by atoms with Gasteiger partial charge in [0.15, 0.2) is 0 Å². The summed E-state index contributed by atoms with van der Waals surface area (Å²) in [6, 6.07) is 5.86. The van der Waals surface area contributed by atoms with Gasteiger partial charge in [-0.1, -0.05) is 18.7 Å². The molecule has 3 N–H and O–H groups in total.